The number of anilines is 1. The van der Waals surface area contributed by atoms with Crippen molar-refractivity contribution in [1.82, 2.24) is 4.57 Å². The van der Waals surface area contributed by atoms with E-state index in [0.717, 1.165) is 11.3 Å². The number of nitrogens with zero attached hydrogens (tertiary/aromatic N) is 3. The number of thiazole rings is 1. The Morgan fingerprint density at radius 3 is 2.78 bits per heavy atom. The summed E-state index contributed by atoms with van der Waals surface area (Å²) in [4.78, 5) is 43.4. The molecule has 2 amide bonds. The second-order valence-electron chi connectivity index (χ2n) is 5.46. The molecule has 0 N–H and O–H groups in total. The van der Waals surface area contributed by atoms with Gasteiger partial charge in [0.05, 0.1) is 11.3 Å². The Balaban J connectivity index is 2.12. The van der Waals surface area contributed by atoms with E-state index in [-0.39, 0.29) is 11.5 Å². The number of carbonyl (C=O) groups is 2. The summed E-state index contributed by atoms with van der Waals surface area (Å²) >= 11 is 1.23. The minimum Gasteiger partial charge on any atom is -0.283 e. The molecule has 0 radical (unpaired) electrons. The topological polar surface area (TPSA) is 71.7 Å². The fraction of sp³-hybridized carbons (Fsp3) is 0.250. The summed E-state index contributed by atoms with van der Waals surface area (Å²) < 4.78 is 1.98. The number of fused-ring (bicyclic) bond motifs is 2. The number of aromatic nitrogens is 1. The zero-order valence-corrected chi connectivity index (χ0v) is 13.2. The molecule has 6 nitrogen and oxygen atoms in total. The molecule has 0 fully saturated rings. The van der Waals surface area contributed by atoms with Gasteiger partial charge in [-0.3, -0.25) is 23.9 Å². The monoisotopic (exact) mass is 327 g/mol. The van der Waals surface area contributed by atoms with E-state index in [9.17, 15) is 14.4 Å². The van der Waals surface area contributed by atoms with Crippen LogP contribution in [0.4, 0.5) is 5.69 Å². The molecule has 3 heterocycles. The molecular weight excluding hydrogens is 314 g/mol. The van der Waals surface area contributed by atoms with Gasteiger partial charge in [-0.25, -0.2) is 4.90 Å². The van der Waals surface area contributed by atoms with Gasteiger partial charge in [0, 0.05) is 25.6 Å². The van der Waals surface area contributed by atoms with Gasteiger partial charge in [0.25, 0.3) is 11.5 Å². The predicted octanol–water partition coefficient (Wildman–Crippen LogP) is 0.0252. The maximum atomic E-state index is 12.8. The van der Waals surface area contributed by atoms with Crippen molar-refractivity contribution >= 4 is 34.4 Å². The van der Waals surface area contributed by atoms with Crippen molar-refractivity contribution in [2.24, 2.45) is 4.99 Å². The largest absolute Gasteiger partial charge is 0.283 e. The zero-order valence-electron chi connectivity index (χ0n) is 12.4. The maximum Gasteiger partial charge on any atom is 0.271 e. The second-order valence-corrected chi connectivity index (χ2v) is 6.44. The number of carbonyl (C=O) groups excluding carboxylic acids is 2. The average molecular weight is 327 g/mol. The van der Waals surface area contributed by atoms with Crippen LogP contribution < -0.4 is 19.8 Å². The van der Waals surface area contributed by atoms with Crippen molar-refractivity contribution < 1.29 is 9.59 Å². The first-order chi connectivity index (χ1) is 11.1. The van der Waals surface area contributed by atoms with E-state index >= 15 is 0 Å². The van der Waals surface area contributed by atoms with Crippen LogP contribution in [0.3, 0.4) is 0 Å². The third kappa shape index (κ3) is 1.93. The van der Waals surface area contributed by atoms with Crippen LogP contribution in [0.5, 0.6) is 0 Å². The first-order valence-corrected chi connectivity index (χ1v) is 8.14. The van der Waals surface area contributed by atoms with Crippen LogP contribution in [0.25, 0.3) is 5.57 Å². The molecule has 2 aromatic rings. The number of hydrogen-bond acceptors (Lipinski definition) is 5. The Bertz CT molecular complexity index is 1030. The summed E-state index contributed by atoms with van der Waals surface area (Å²) in [6.07, 6.45) is 0.822. The molecule has 1 aromatic heterocycles. The first kappa shape index (κ1) is 14.1. The van der Waals surface area contributed by atoms with Crippen LogP contribution >= 0.6 is 11.3 Å². The molecule has 116 valence electrons. The molecule has 23 heavy (non-hydrogen) atoms. The maximum absolute atomic E-state index is 12.8. The first-order valence-electron chi connectivity index (χ1n) is 7.32. The number of hydrogen-bond donors (Lipinski definition) is 0. The normalized spacial score (nSPS) is 18.5. The van der Waals surface area contributed by atoms with Crippen LogP contribution in [0.2, 0.25) is 0 Å². The molecule has 2 aliphatic heterocycles. The highest BCUT2D eigenvalue weighted by Gasteiger charge is 2.36. The van der Waals surface area contributed by atoms with E-state index in [1.54, 1.807) is 28.8 Å². The summed E-state index contributed by atoms with van der Waals surface area (Å²) in [6.45, 7) is 2.66. The van der Waals surface area contributed by atoms with E-state index in [1.807, 2.05) is 0 Å². The summed E-state index contributed by atoms with van der Waals surface area (Å²) in [5.74, 6) is -0.793. The van der Waals surface area contributed by atoms with Gasteiger partial charge in [0.2, 0.25) is 5.91 Å². The van der Waals surface area contributed by atoms with Gasteiger partial charge in [-0.2, -0.15) is 0 Å². The summed E-state index contributed by atoms with van der Waals surface area (Å²) in [5, 5.41) is 0. The summed E-state index contributed by atoms with van der Waals surface area (Å²) in [7, 11) is 0. The smallest absolute Gasteiger partial charge is 0.271 e. The average Bonchev–Trinajstić information content (AvgIpc) is 3.01. The Kier molecular flexibility index (Phi) is 3.05. The van der Waals surface area contributed by atoms with Crippen LogP contribution in [0.15, 0.2) is 34.1 Å². The van der Waals surface area contributed by atoms with E-state index in [4.69, 9.17) is 0 Å². The van der Waals surface area contributed by atoms with E-state index in [1.165, 1.54) is 18.3 Å². The zero-order chi connectivity index (χ0) is 16.1. The van der Waals surface area contributed by atoms with Gasteiger partial charge >= 0.3 is 0 Å². The van der Waals surface area contributed by atoms with Gasteiger partial charge in [-0.1, -0.05) is 29.5 Å². The Morgan fingerprint density at radius 1 is 1.26 bits per heavy atom. The van der Waals surface area contributed by atoms with E-state index in [0.29, 0.717) is 39.2 Å². The Hall–Kier alpha value is -2.54. The van der Waals surface area contributed by atoms with Crippen molar-refractivity contribution in [3.8, 4) is 0 Å². The molecule has 2 aliphatic rings. The lowest BCUT2D eigenvalue weighted by molar-refractivity contribution is -0.122. The highest BCUT2D eigenvalue weighted by atomic mass is 32.1. The number of rotatable bonds is 0. The lowest BCUT2D eigenvalue weighted by Crippen LogP contribution is -2.37. The third-order valence-corrected chi connectivity index (χ3v) is 5.14. The number of imide groups is 1. The summed E-state index contributed by atoms with van der Waals surface area (Å²) in [6, 6.07) is 7.06. The molecule has 0 spiro atoms. The van der Waals surface area contributed by atoms with Crippen molar-refractivity contribution in [1.29, 1.82) is 0 Å². The molecule has 7 heteroatoms. The third-order valence-electron chi connectivity index (χ3n) is 4.02. The molecule has 0 unspecified atom stereocenters. The van der Waals surface area contributed by atoms with Gasteiger partial charge in [0.15, 0.2) is 4.80 Å². The van der Waals surface area contributed by atoms with Crippen molar-refractivity contribution in [2.75, 3.05) is 11.4 Å². The van der Waals surface area contributed by atoms with Crippen LogP contribution in [0.1, 0.15) is 18.9 Å². The minimum atomic E-state index is -0.435. The molecule has 0 atom stereocenters. The lowest BCUT2D eigenvalue weighted by atomic mass is 10.1. The van der Waals surface area contributed by atoms with Crippen LogP contribution in [-0.4, -0.2) is 22.9 Å². The highest BCUT2D eigenvalue weighted by molar-refractivity contribution is 7.07. The number of benzene rings is 1. The SMILES string of the molecule is CC(=O)N1C(=O)C(=c2sc3n(c2=O)CCCN=3)c2ccccc21. The van der Waals surface area contributed by atoms with E-state index in [2.05, 4.69) is 4.99 Å². The molecule has 1 aromatic carbocycles. The molecule has 0 aliphatic carbocycles. The predicted molar refractivity (Wildman–Crippen MR) is 86.0 cm³/mol. The van der Waals surface area contributed by atoms with Gasteiger partial charge in [0.1, 0.15) is 4.53 Å². The van der Waals surface area contributed by atoms with Gasteiger partial charge in [-0.15, -0.1) is 0 Å². The van der Waals surface area contributed by atoms with Crippen molar-refractivity contribution in [3.63, 3.8) is 0 Å². The molecular formula is C16H13N3O3S. The Morgan fingerprint density at radius 2 is 2.04 bits per heavy atom. The molecule has 4 rings (SSSR count). The molecule has 0 bridgehead atoms. The van der Waals surface area contributed by atoms with E-state index < -0.39 is 5.91 Å². The summed E-state index contributed by atoms with van der Waals surface area (Å²) in [5.41, 5.74) is 1.27. The fourth-order valence-corrected chi connectivity index (χ4v) is 4.14. The van der Waals surface area contributed by atoms with Gasteiger partial charge in [-0.05, 0) is 12.5 Å². The fourth-order valence-electron chi connectivity index (χ4n) is 3.02. The standard InChI is InChI=1S/C16H13N3O3S/c1-9(20)19-11-6-3-2-5-10(11)12(14(19)21)13-15(22)18-8-4-7-17-16(18)23-13/h2-3,5-6H,4,7-8H2,1H3. The van der Waals surface area contributed by atoms with Crippen molar-refractivity contribution in [2.45, 2.75) is 19.9 Å². The molecule has 0 saturated heterocycles. The van der Waals surface area contributed by atoms with Crippen LogP contribution in [0, 0.1) is 0 Å². The Labute approximate surface area is 135 Å². The highest BCUT2D eigenvalue weighted by Crippen LogP contribution is 2.34. The van der Waals surface area contributed by atoms with Crippen molar-refractivity contribution in [3.05, 3.63) is 49.5 Å². The second kappa shape index (κ2) is 4.99. The molecule has 0 saturated carbocycles. The van der Waals surface area contributed by atoms with Crippen LogP contribution in [-0.2, 0) is 16.1 Å². The minimum absolute atomic E-state index is 0.197. The lowest BCUT2D eigenvalue weighted by Gasteiger charge is -2.11. The quantitative estimate of drug-likeness (QED) is 0.685. The van der Waals surface area contributed by atoms with Gasteiger partial charge < -0.3 is 0 Å². The number of amides is 2. The number of para-hydroxylation sites is 1.